The highest BCUT2D eigenvalue weighted by atomic mass is 32.2. The van der Waals surface area contributed by atoms with Crippen molar-refractivity contribution in [3.05, 3.63) is 35.7 Å². The van der Waals surface area contributed by atoms with Gasteiger partial charge in [-0.05, 0) is 38.0 Å². The monoisotopic (exact) mass is 423 g/mol. The zero-order valence-corrected chi connectivity index (χ0v) is 17.8. The first kappa shape index (κ1) is 20.8. The van der Waals surface area contributed by atoms with E-state index in [2.05, 4.69) is 11.6 Å². The van der Waals surface area contributed by atoms with E-state index in [0.717, 1.165) is 16.0 Å². The molecule has 1 amide bonds. The molecule has 1 unspecified atom stereocenters. The molecular weight excluding hydrogens is 398 g/mol. The maximum Gasteiger partial charge on any atom is 0.252 e. The van der Waals surface area contributed by atoms with Gasteiger partial charge in [-0.15, -0.1) is 6.58 Å². The maximum atomic E-state index is 12.8. The summed E-state index contributed by atoms with van der Waals surface area (Å²) in [5.41, 5.74) is 0.960. The summed E-state index contributed by atoms with van der Waals surface area (Å²) in [6, 6.07) is 5.79. The number of hydrogen-bond donors (Lipinski definition) is 0. The fourth-order valence-electron chi connectivity index (χ4n) is 3.33. The van der Waals surface area contributed by atoms with Crippen molar-refractivity contribution in [1.29, 1.82) is 0 Å². The summed E-state index contributed by atoms with van der Waals surface area (Å²) in [6.45, 7) is 7.49. The number of aromatic nitrogens is 1. The molecule has 28 heavy (non-hydrogen) atoms. The first-order chi connectivity index (χ1) is 13.3. The highest BCUT2D eigenvalue weighted by Crippen LogP contribution is 2.24. The fourth-order valence-corrected chi connectivity index (χ4v) is 5.32. The van der Waals surface area contributed by atoms with Crippen LogP contribution in [0.4, 0.5) is 0 Å². The molecule has 0 saturated carbocycles. The van der Waals surface area contributed by atoms with E-state index < -0.39 is 15.9 Å². The Hall–Kier alpha value is -1.97. The Morgan fingerprint density at radius 2 is 2.25 bits per heavy atom. The Balaban J connectivity index is 1.96. The van der Waals surface area contributed by atoms with E-state index in [1.54, 1.807) is 6.08 Å². The van der Waals surface area contributed by atoms with Gasteiger partial charge in [0.05, 0.1) is 29.0 Å². The normalized spacial score (nSPS) is 19.1. The second kappa shape index (κ2) is 8.59. The molecule has 9 heteroatoms. The lowest BCUT2D eigenvalue weighted by Gasteiger charge is -2.28. The van der Waals surface area contributed by atoms with Crippen LogP contribution in [0.25, 0.3) is 10.2 Å². The van der Waals surface area contributed by atoms with Crippen LogP contribution in [0.2, 0.25) is 0 Å². The van der Waals surface area contributed by atoms with Gasteiger partial charge in [0.15, 0.2) is 4.80 Å². The molecular formula is C19H25N3O4S2. The number of piperidine rings is 1. The van der Waals surface area contributed by atoms with E-state index in [-0.39, 0.29) is 12.5 Å². The Kier molecular flexibility index (Phi) is 6.36. The molecule has 0 radical (unpaired) electrons. The summed E-state index contributed by atoms with van der Waals surface area (Å²) in [5.74, 6) is 0.0866. The van der Waals surface area contributed by atoms with Crippen molar-refractivity contribution >= 4 is 37.5 Å². The molecule has 1 aromatic heterocycles. The van der Waals surface area contributed by atoms with Crippen LogP contribution in [0.15, 0.2) is 35.8 Å². The number of rotatable bonds is 6. The zero-order chi connectivity index (χ0) is 20.3. The number of fused-ring (bicyclic) bond motifs is 1. The van der Waals surface area contributed by atoms with Crippen LogP contribution >= 0.6 is 11.3 Å². The summed E-state index contributed by atoms with van der Waals surface area (Å²) in [4.78, 5) is 17.7. The number of hydrogen-bond acceptors (Lipinski definition) is 5. The number of allylic oxidation sites excluding steroid dienone is 1. The molecule has 0 aliphatic carbocycles. The van der Waals surface area contributed by atoms with E-state index in [4.69, 9.17) is 4.74 Å². The largest absolute Gasteiger partial charge is 0.494 e. The predicted octanol–water partition coefficient (Wildman–Crippen LogP) is 2.39. The molecule has 2 heterocycles. The smallest absolute Gasteiger partial charge is 0.252 e. The van der Waals surface area contributed by atoms with Crippen LogP contribution in [-0.2, 0) is 21.4 Å². The third-order valence-corrected chi connectivity index (χ3v) is 7.00. The minimum Gasteiger partial charge on any atom is -0.494 e. The van der Waals surface area contributed by atoms with Crippen molar-refractivity contribution in [3.8, 4) is 5.75 Å². The van der Waals surface area contributed by atoms with Crippen molar-refractivity contribution in [1.82, 2.24) is 8.87 Å². The maximum absolute atomic E-state index is 12.8. The van der Waals surface area contributed by atoms with Crippen LogP contribution in [0.5, 0.6) is 5.75 Å². The van der Waals surface area contributed by atoms with Gasteiger partial charge in [-0.25, -0.2) is 12.7 Å². The van der Waals surface area contributed by atoms with Gasteiger partial charge in [-0.1, -0.05) is 17.4 Å². The number of carbonyl (C=O) groups is 1. The standard InChI is InChI=1S/C19H25N3O4S2/c1-4-10-22-16-9-8-15(26-5-2)12-17(16)27-19(22)20-18(23)14-7-6-11-21(13-14)28(3,24)25/h4,8-9,12,14H,1,5-7,10-11,13H2,2-3H3. The number of sulfonamides is 1. The lowest BCUT2D eigenvalue weighted by Crippen LogP contribution is -2.41. The Morgan fingerprint density at radius 3 is 2.93 bits per heavy atom. The fraction of sp³-hybridized carbons (Fsp3) is 0.474. The molecule has 3 rings (SSSR count). The molecule has 0 N–H and O–H groups in total. The molecule has 0 bridgehead atoms. The highest BCUT2D eigenvalue weighted by molar-refractivity contribution is 7.88. The summed E-state index contributed by atoms with van der Waals surface area (Å²) < 4.78 is 33.5. The quantitative estimate of drug-likeness (QED) is 0.668. The van der Waals surface area contributed by atoms with Crippen LogP contribution < -0.4 is 9.54 Å². The van der Waals surface area contributed by atoms with E-state index in [1.165, 1.54) is 21.9 Å². The van der Waals surface area contributed by atoms with E-state index in [1.807, 2.05) is 29.7 Å². The van der Waals surface area contributed by atoms with Gasteiger partial charge in [0.2, 0.25) is 10.0 Å². The number of benzene rings is 1. The number of nitrogens with zero attached hydrogens (tertiary/aromatic N) is 3. The predicted molar refractivity (Wildman–Crippen MR) is 111 cm³/mol. The number of amides is 1. The first-order valence-electron chi connectivity index (χ1n) is 9.24. The molecule has 1 aliphatic heterocycles. The van der Waals surface area contributed by atoms with Crippen LogP contribution in [0, 0.1) is 5.92 Å². The van der Waals surface area contributed by atoms with Gasteiger partial charge < -0.3 is 9.30 Å². The third kappa shape index (κ3) is 4.53. The molecule has 0 spiro atoms. The molecule has 1 atom stereocenters. The van der Waals surface area contributed by atoms with Gasteiger partial charge in [-0.2, -0.15) is 4.99 Å². The summed E-state index contributed by atoms with van der Waals surface area (Å²) in [7, 11) is -3.30. The SMILES string of the molecule is C=CCn1c(=NC(=O)C2CCCN(S(C)(=O)=O)C2)sc2cc(OCC)ccc21. The van der Waals surface area contributed by atoms with E-state index in [0.29, 0.717) is 37.3 Å². The number of ether oxygens (including phenoxy) is 1. The summed E-state index contributed by atoms with van der Waals surface area (Å²) in [6.07, 6.45) is 4.25. The highest BCUT2D eigenvalue weighted by Gasteiger charge is 2.30. The molecule has 1 fully saturated rings. The topological polar surface area (TPSA) is 81.0 Å². The summed E-state index contributed by atoms with van der Waals surface area (Å²) >= 11 is 1.42. The Morgan fingerprint density at radius 1 is 1.46 bits per heavy atom. The van der Waals surface area contributed by atoms with Crippen LogP contribution in [0.3, 0.4) is 0 Å². The zero-order valence-electron chi connectivity index (χ0n) is 16.1. The van der Waals surface area contributed by atoms with Gasteiger partial charge in [-0.3, -0.25) is 4.79 Å². The molecule has 7 nitrogen and oxygen atoms in total. The molecule has 1 aromatic carbocycles. The molecule has 2 aromatic rings. The average molecular weight is 424 g/mol. The second-order valence-electron chi connectivity index (χ2n) is 6.76. The average Bonchev–Trinajstić information content (AvgIpc) is 2.98. The van der Waals surface area contributed by atoms with Crippen molar-refractivity contribution < 1.29 is 17.9 Å². The number of carbonyl (C=O) groups excluding carboxylic acids is 1. The minimum absolute atomic E-state index is 0.196. The van der Waals surface area contributed by atoms with Crippen molar-refractivity contribution in [2.45, 2.75) is 26.3 Å². The van der Waals surface area contributed by atoms with Crippen molar-refractivity contribution in [3.63, 3.8) is 0 Å². The van der Waals surface area contributed by atoms with Gasteiger partial charge in [0, 0.05) is 19.6 Å². The van der Waals surface area contributed by atoms with Gasteiger partial charge >= 0.3 is 0 Å². The Labute approximate surface area is 169 Å². The van der Waals surface area contributed by atoms with Crippen LogP contribution in [-0.4, -0.2) is 49.1 Å². The number of thiazole rings is 1. The molecule has 1 saturated heterocycles. The van der Waals surface area contributed by atoms with E-state index in [9.17, 15) is 13.2 Å². The lowest BCUT2D eigenvalue weighted by atomic mass is 9.99. The Bertz CT molecular complexity index is 1050. The minimum atomic E-state index is -3.30. The van der Waals surface area contributed by atoms with Gasteiger partial charge in [0.1, 0.15) is 5.75 Å². The molecule has 152 valence electrons. The molecule has 1 aliphatic rings. The lowest BCUT2D eigenvalue weighted by molar-refractivity contribution is -0.122. The van der Waals surface area contributed by atoms with E-state index >= 15 is 0 Å². The van der Waals surface area contributed by atoms with Crippen LogP contribution in [0.1, 0.15) is 19.8 Å². The first-order valence-corrected chi connectivity index (χ1v) is 11.9. The van der Waals surface area contributed by atoms with Crippen molar-refractivity contribution in [2.24, 2.45) is 10.9 Å². The summed E-state index contributed by atoms with van der Waals surface area (Å²) in [5, 5.41) is 0. The third-order valence-electron chi connectivity index (χ3n) is 4.69. The van der Waals surface area contributed by atoms with Crippen molar-refractivity contribution in [2.75, 3.05) is 26.0 Å². The van der Waals surface area contributed by atoms with Gasteiger partial charge in [0.25, 0.3) is 5.91 Å². The second-order valence-corrected chi connectivity index (χ2v) is 9.75.